The second kappa shape index (κ2) is 7.78. The summed E-state index contributed by atoms with van der Waals surface area (Å²) in [7, 11) is 0. The van der Waals surface area contributed by atoms with Crippen LogP contribution in [0.1, 0.15) is 46.3 Å². The molecule has 2 aromatic carbocycles. The fraction of sp³-hybridized carbons (Fsp3) is 0.182. The molecule has 0 unspecified atom stereocenters. The minimum atomic E-state index is -0.325. The summed E-state index contributed by atoms with van der Waals surface area (Å²) in [6, 6.07) is 15.6. The first-order chi connectivity index (χ1) is 13.5. The topological polar surface area (TPSA) is 55.1 Å². The molecule has 0 radical (unpaired) electrons. The van der Waals surface area contributed by atoms with Gasteiger partial charge in [-0.3, -0.25) is 10.1 Å². The summed E-state index contributed by atoms with van der Waals surface area (Å²) in [5, 5.41) is 4.76. The van der Waals surface area contributed by atoms with Crippen molar-refractivity contribution < 1.29 is 9.21 Å². The van der Waals surface area contributed by atoms with Crippen LogP contribution in [0.4, 0.5) is 5.13 Å². The lowest BCUT2D eigenvalue weighted by Crippen LogP contribution is -2.10. The average molecular weight is 411 g/mol. The van der Waals surface area contributed by atoms with Gasteiger partial charge in [0.25, 0.3) is 5.91 Å². The number of nitrogens with zero attached hydrogens (tertiary/aromatic N) is 1. The maximum absolute atomic E-state index is 12.5. The number of rotatable bonds is 5. The molecule has 142 valence electrons. The van der Waals surface area contributed by atoms with Crippen LogP contribution in [0.15, 0.2) is 59.1 Å². The highest BCUT2D eigenvalue weighted by molar-refractivity contribution is 7.15. The van der Waals surface area contributed by atoms with Gasteiger partial charge in [-0.15, -0.1) is 11.3 Å². The van der Waals surface area contributed by atoms with Gasteiger partial charge >= 0.3 is 0 Å². The Morgan fingerprint density at radius 1 is 1.18 bits per heavy atom. The summed E-state index contributed by atoms with van der Waals surface area (Å²) in [4.78, 5) is 17.9. The van der Waals surface area contributed by atoms with E-state index in [1.807, 2.05) is 0 Å². The number of fused-ring (bicyclic) bond motifs is 1. The van der Waals surface area contributed by atoms with Gasteiger partial charge in [0.15, 0.2) is 10.9 Å². The maximum atomic E-state index is 12.5. The van der Waals surface area contributed by atoms with Crippen molar-refractivity contribution in [3.63, 3.8) is 0 Å². The summed E-state index contributed by atoms with van der Waals surface area (Å²) in [6.07, 6.45) is 2.59. The largest absolute Gasteiger partial charge is 0.451 e. The van der Waals surface area contributed by atoms with E-state index in [2.05, 4.69) is 48.4 Å². The van der Waals surface area contributed by atoms with Gasteiger partial charge in [-0.2, -0.15) is 0 Å². The summed E-state index contributed by atoms with van der Waals surface area (Å²) >= 11 is 7.44. The third kappa shape index (κ3) is 4.11. The van der Waals surface area contributed by atoms with E-state index < -0.39 is 0 Å². The molecule has 0 atom stereocenters. The molecule has 1 N–H and O–H groups in total. The molecule has 28 heavy (non-hydrogen) atoms. The van der Waals surface area contributed by atoms with Gasteiger partial charge in [-0.25, -0.2) is 4.98 Å². The number of carbonyl (C=O) groups excluding carboxylic acids is 1. The summed E-state index contributed by atoms with van der Waals surface area (Å²) in [5.41, 5.74) is 3.17. The predicted molar refractivity (Wildman–Crippen MR) is 115 cm³/mol. The molecule has 2 aromatic heterocycles. The van der Waals surface area contributed by atoms with Gasteiger partial charge in [0.05, 0.1) is 0 Å². The Morgan fingerprint density at radius 3 is 2.71 bits per heavy atom. The Morgan fingerprint density at radius 2 is 1.96 bits per heavy atom. The number of nitrogens with one attached hydrogen (secondary N) is 1. The molecule has 4 nitrogen and oxygen atoms in total. The van der Waals surface area contributed by atoms with Crippen LogP contribution in [0.25, 0.3) is 11.0 Å². The molecule has 0 aliphatic carbocycles. The van der Waals surface area contributed by atoms with Gasteiger partial charge < -0.3 is 4.42 Å². The van der Waals surface area contributed by atoms with E-state index in [1.54, 1.807) is 30.5 Å². The van der Waals surface area contributed by atoms with Crippen molar-refractivity contribution in [2.24, 2.45) is 0 Å². The number of anilines is 1. The molecule has 0 saturated carbocycles. The zero-order valence-corrected chi connectivity index (χ0v) is 17.1. The quantitative estimate of drug-likeness (QED) is 0.408. The molecule has 1 amide bonds. The monoisotopic (exact) mass is 410 g/mol. The van der Waals surface area contributed by atoms with Gasteiger partial charge in [-0.05, 0) is 41.3 Å². The SMILES string of the molecule is CC(C)c1ccc(Cc2cnc(NC(=O)c3cc4cc(Cl)ccc4o3)s2)cc1. The fourth-order valence-corrected chi connectivity index (χ4v) is 3.98. The van der Waals surface area contributed by atoms with E-state index in [0.717, 1.165) is 16.7 Å². The number of hydrogen-bond donors (Lipinski definition) is 1. The summed E-state index contributed by atoms with van der Waals surface area (Å²) in [6.45, 7) is 4.37. The lowest BCUT2D eigenvalue weighted by atomic mass is 10.0. The minimum Gasteiger partial charge on any atom is -0.451 e. The molecule has 0 spiro atoms. The van der Waals surface area contributed by atoms with Crippen LogP contribution in [0.2, 0.25) is 5.02 Å². The molecule has 0 saturated heterocycles. The molecular formula is C22H19ClN2O2S. The summed E-state index contributed by atoms with van der Waals surface area (Å²) in [5.74, 6) is 0.432. The van der Waals surface area contributed by atoms with E-state index in [1.165, 1.54) is 22.5 Å². The van der Waals surface area contributed by atoms with E-state index in [-0.39, 0.29) is 11.7 Å². The van der Waals surface area contributed by atoms with Crippen molar-refractivity contribution in [1.82, 2.24) is 4.98 Å². The lowest BCUT2D eigenvalue weighted by molar-refractivity contribution is 0.0998. The van der Waals surface area contributed by atoms with E-state index in [0.29, 0.717) is 21.7 Å². The number of furan rings is 1. The van der Waals surface area contributed by atoms with Gasteiger partial charge in [0.2, 0.25) is 0 Å². The molecule has 0 fully saturated rings. The van der Waals surface area contributed by atoms with E-state index in [9.17, 15) is 4.79 Å². The lowest BCUT2D eigenvalue weighted by Gasteiger charge is -2.06. The van der Waals surface area contributed by atoms with Crippen molar-refractivity contribution >= 4 is 44.9 Å². The number of aromatic nitrogens is 1. The van der Waals surface area contributed by atoms with Gasteiger partial charge in [0, 0.05) is 27.9 Å². The Balaban J connectivity index is 1.44. The van der Waals surface area contributed by atoms with Crippen LogP contribution < -0.4 is 5.32 Å². The predicted octanol–water partition coefficient (Wildman–Crippen LogP) is 6.51. The standard InChI is InChI=1S/C22H19ClN2O2S/c1-13(2)15-5-3-14(4-6-15)9-18-12-24-22(28-18)25-21(26)20-11-16-10-17(23)7-8-19(16)27-20/h3-8,10-13H,9H2,1-2H3,(H,24,25,26). The molecule has 2 heterocycles. The number of hydrogen-bond acceptors (Lipinski definition) is 4. The van der Waals surface area contributed by atoms with Crippen LogP contribution in [-0.4, -0.2) is 10.9 Å². The van der Waals surface area contributed by atoms with Crippen molar-refractivity contribution in [2.75, 3.05) is 5.32 Å². The van der Waals surface area contributed by atoms with Crippen LogP contribution in [0, 0.1) is 0 Å². The zero-order valence-electron chi connectivity index (χ0n) is 15.5. The van der Waals surface area contributed by atoms with E-state index >= 15 is 0 Å². The first-order valence-corrected chi connectivity index (χ1v) is 10.2. The van der Waals surface area contributed by atoms with Crippen LogP contribution in [0.3, 0.4) is 0 Å². The first kappa shape index (κ1) is 18.7. The molecule has 0 bridgehead atoms. The Bertz CT molecular complexity index is 1130. The molecule has 0 aliphatic heterocycles. The molecule has 4 aromatic rings. The third-order valence-corrected chi connectivity index (χ3v) is 5.65. The second-order valence-electron chi connectivity index (χ2n) is 6.95. The highest BCUT2D eigenvalue weighted by Gasteiger charge is 2.14. The smallest absolute Gasteiger partial charge is 0.293 e. The number of thiazole rings is 1. The van der Waals surface area contributed by atoms with Crippen LogP contribution in [-0.2, 0) is 6.42 Å². The fourth-order valence-electron chi connectivity index (χ4n) is 2.95. The highest BCUT2D eigenvalue weighted by atomic mass is 35.5. The van der Waals surface area contributed by atoms with Crippen molar-refractivity contribution in [2.45, 2.75) is 26.2 Å². The van der Waals surface area contributed by atoms with Crippen LogP contribution in [0.5, 0.6) is 0 Å². The Labute approximate surface area is 172 Å². The second-order valence-corrected chi connectivity index (χ2v) is 8.50. The van der Waals surface area contributed by atoms with Crippen molar-refractivity contribution in [1.29, 1.82) is 0 Å². The summed E-state index contributed by atoms with van der Waals surface area (Å²) < 4.78 is 5.60. The first-order valence-electron chi connectivity index (χ1n) is 9.02. The Kier molecular flexibility index (Phi) is 5.20. The number of halogens is 1. The Hall–Kier alpha value is -2.63. The van der Waals surface area contributed by atoms with Crippen molar-refractivity contribution in [3.8, 4) is 0 Å². The number of benzene rings is 2. The third-order valence-electron chi connectivity index (χ3n) is 4.50. The zero-order chi connectivity index (χ0) is 19.7. The minimum absolute atomic E-state index is 0.235. The normalized spacial score (nSPS) is 11.3. The van der Waals surface area contributed by atoms with E-state index in [4.69, 9.17) is 16.0 Å². The molecule has 6 heteroatoms. The van der Waals surface area contributed by atoms with Gasteiger partial charge in [-0.1, -0.05) is 49.7 Å². The highest BCUT2D eigenvalue weighted by Crippen LogP contribution is 2.26. The van der Waals surface area contributed by atoms with Gasteiger partial charge in [0.1, 0.15) is 5.58 Å². The molecule has 0 aliphatic rings. The molecule has 4 rings (SSSR count). The number of amides is 1. The van der Waals surface area contributed by atoms with Crippen LogP contribution >= 0.6 is 22.9 Å². The average Bonchev–Trinajstić information content (AvgIpc) is 3.28. The number of carbonyl (C=O) groups is 1. The van der Waals surface area contributed by atoms with Crippen molar-refractivity contribution in [3.05, 3.63) is 81.5 Å². The maximum Gasteiger partial charge on any atom is 0.293 e. The molecular weight excluding hydrogens is 392 g/mol.